The van der Waals surface area contributed by atoms with Crippen LogP contribution in [0.2, 0.25) is 0 Å². The van der Waals surface area contributed by atoms with Crippen molar-refractivity contribution in [2.75, 3.05) is 34.0 Å². The van der Waals surface area contributed by atoms with Gasteiger partial charge in [0.05, 0.1) is 0 Å². The van der Waals surface area contributed by atoms with E-state index in [1.807, 2.05) is 18.2 Å². The predicted molar refractivity (Wildman–Crippen MR) is 124 cm³/mol. The van der Waals surface area contributed by atoms with Gasteiger partial charge in [0.25, 0.3) is 0 Å². The zero-order valence-electron chi connectivity index (χ0n) is 16.5. The number of benzene rings is 2. The van der Waals surface area contributed by atoms with Crippen LogP contribution in [0.3, 0.4) is 0 Å². The van der Waals surface area contributed by atoms with Gasteiger partial charge in [-0.2, -0.15) is 0 Å². The van der Waals surface area contributed by atoms with E-state index in [9.17, 15) is 0 Å². The minimum absolute atomic E-state index is 0. The number of hydrogen-bond donors (Lipinski definition) is 2. The standard InChI is InChI=1S/C21H28N4O2.HI/c1-22-21(24-14-18-9-10-19-20(13-18)27-16-26-19)23-11-6-12-25(2)15-17-7-4-3-5-8-17;/h3-5,7-10,13H,6,11-12,14-16H2,1-2H3,(H2,22,23,24);1H. The summed E-state index contributed by atoms with van der Waals surface area (Å²) in [5, 5.41) is 6.70. The Labute approximate surface area is 184 Å². The van der Waals surface area contributed by atoms with Crippen LogP contribution in [0.25, 0.3) is 0 Å². The number of ether oxygens (including phenoxy) is 2. The third-order valence-corrected chi connectivity index (χ3v) is 4.42. The molecule has 28 heavy (non-hydrogen) atoms. The van der Waals surface area contributed by atoms with Crippen LogP contribution in [-0.2, 0) is 13.1 Å². The molecule has 0 saturated carbocycles. The average molecular weight is 496 g/mol. The molecule has 0 aliphatic carbocycles. The molecular weight excluding hydrogens is 467 g/mol. The molecule has 2 N–H and O–H groups in total. The molecule has 152 valence electrons. The van der Waals surface area contributed by atoms with Crippen molar-refractivity contribution < 1.29 is 9.47 Å². The molecule has 0 bridgehead atoms. The van der Waals surface area contributed by atoms with Crippen LogP contribution in [0, 0.1) is 0 Å². The van der Waals surface area contributed by atoms with Crippen LogP contribution >= 0.6 is 24.0 Å². The third-order valence-electron chi connectivity index (χ3n) is 4.42. The van der Waals surface area contributed by atoms with Gasteiger partial charge in [-0.15, -0.1) is 24.0 Å². The molecule has 0 aromatic heterocycles. The zero-order chi connectivity index (χ0) is 18.9. The summed E-state index contributed by atoms with van der Waals surface area (Å²) in [6.45, 7) is 3.86. The maximum Gasteiger partial charge on any atom is 0.231 e. The molecule has 0 fully saturated rings. The van der Waals surface area contributed by atoms with Gasteiger partial charge in [-0.1, -0.05) is 36.4 Å². The van der Waals surface area contributed by atoms with Crippen LogP contribution in [0.5, 0.6) is 11.5 Å². The normalized spacial score (nSPS) is 12.6. The second-order valence-electron chi connectivity index (χ2n) is 6.62. The second-order valence-corrected chi connectivity index (χ2v) is 6.62. The lowest BCUT2D eigenvalue weighted by Gasteiger charge is -2.17. The minimum atomic E-state index is 0. The summed E-state index contributed by atoms with van der Waals surface area (Å²) in [5.41, 5.74) is 2.47. The molecule has 1 aliphatic rings. The van der Waals surface area contributed by atoms with E-state index in [-0.39, 0.29) is 24.0 Å². The maximum atomic E-state index is 5.42. The second kappa shape index (κ2) is 11.8. The summed E-state index contributed by atoms with van der Waals surface area (Å²) < 4.78 is 10.8. The zero-order valence-corrected chi connectivity index (χ0v) is 18.8. The fourth-order valence-corrected chi connectivity index (χ4v) is 2.99. The molecule has 0 spiro atoms. The van der Waals surface area contributed by atoms with E-state index in [0.29, 0.717) is 13.3 Å². The monoisotopic (exact) mass is 496 g/mol. The van der Waals surface area contributed by atoms with Gasteiger partial charge in [-0.3, -0.25) is 4.99 Å². The Balaban J connectivity index is 0.00000280. The number of nitrogens with one attached hydrogen (secondary N) is 2. The minimum Gasteiger partial charge on any atom is -0.454 e. The summed E-state index contributed by atoms with van der Waals surface area (Å²) in [7, 11) is 3.94. The first-order valence-corrected chi connectivity index (χ1v) is 9.30. The van der Waals surface area contributed by atoms with Gasteiger partial charge in [0, 0.05) is 26.7 Å². The van der Waals surface area contributed by atoms with Gasteiger partial charge in [-0.25, -0.2) is 0 Å². The van der Waals surface area contributed by atoms with Crippen molar-refractivity contribution in [1.29, 1.82) is 0 Å². The molecule has 2 aromatic carbocycles. The first kappa shape index (κ1) is 22.3. The Hall–Kier alpha value is -2.00. The number of fused-ring (bicyclic) bond motifs is 1. The first-order valence-electron chi connectivity index (χ1n) is 9.30. The van der Waals surface area contributed by atoms with Crippen molar-refractivity contribution in [3.8, 4) is 11.5 Å². The maximum absolute atomic E-state index is 5.42. The summed E-state index contributed by atoms with van der Waals surface area (Å²) in [6, 6.07) is 16.5. The van der Waals surface area contributed by atoms with Gasteiger partial charge in [0.2, 0.25) is 6.79 Å². The number of rotatable bonds is 8. The molecule has 0 saturated heterocycles. The molecule has 7 heteroatoms. The Morgan fingerprint density at radius 3 is 2.61 bits per heavy atom. The van der Waals surface area contributed by atoms with Crippen molar-refractivity contribution in [3.05, 3.63) is 59.7 Å². The fraction of sp³-hybridized carbons (Fsp3) is 0.381. The Kier molecular flexibility index (Phi) is 9.36. The summed E-state index contributed by atoms with van der Waals surface area (Å²) >= 11 is 0. The van der Waals surface area contributed by atoms with Gasteiger partial charge >= 0.3 is 0 Å². The van der Waals surface area contributed by atoms with E-state index in [2.05, 4.69) is 57.9 Å². The highest BCUT2D eigenvalue weighted by Crippen LogP contribution is 2.32. The number of hydrogen-bond acceptors (Lipinski definition) is 4. The van der Waals surface area contributed by atoms with Crippen molar-refractivity contribution >= 4 is 29.9 Å². The molecule has 0 unspecified atom stereocenters. The van der Waals surface area contributed by atoms with E-state index in [1.54, 1.807) is 7.05 Å². The largest absolute Gasteiger partial charge is 0.454 e. The van der Waals surface area contributed by atoms with E-state index < -0.39 is 0 Å². The Morgan fingerprint density at radius 1 is 1.04 bits per heavy atom. The van der Waals surface area contributed by atoms with Crippen LogP contribution in [0.4, 0.5) is 0 Å². The lowest BCUT2D eigenvalue weighted by Crippen LogP contribution is -2.38. The highest BCUT2D eigenvalue weighted by Gasteiger charge is 2.13. The van der Waals surface area contributed by atoms with Crippen molar-refractivity contribution in [3.63, 3.8) is 0 Å². The summed E-state index contributed by atoms with van der Waals surface area (Å²) in [5.74, 6) is 2.41. The Morgan fingerprint density at radius 2 is 1.82 bits per heavy atom. The predicted octanol–water partition coefficient (Wildman–Crippen LogP) is 3.22. The van der Waals surface area contributed by atoms with Crippen molar-refractivity contribution in [1.82, 2.24) is 15.5 Å². The SMILES string of the molecule is CN=C(NCCCN(C)Cc1ccccc1)NCc1ccc2c(c1)OCO2.I. The molecule has 0 radical (unpaired) electrons. The lowest BCUT2D eigenvalue weighted by atomic mass is 10.2. The summed E-state index contributed by atoms with van der Waals surface area (Å²) in [6.07, 6.45) is 1.05. The van der Waals surface area contributed by atoms with E-state index in [1.165, 1.54) is 5.56 Å². The van der Waals surface area contributed by atoms with Crippen molar-refractivity contribution in [2.24, 2.45) is 4.99 Å². The van der Waals surface area contributed by atoms with Gasteiger partial charge < -0.3 is 25.0 Å². The van der Waals surface area contributed by atoms with Gasteiger partial charge in [-0.05, 0) is 43.3 Å². The van der Waals surface area contributed by atoms with E-state index >= 15 is 0 Å². The van der Waals surface area contributed by atoms with E-state index in [0.717, 1.165) is 49.1 Å². The number of nitrogens with zero attached hydrogens (tertiary/aromatic N) is 2. The topological polar surface area (TPSA) is 58.1 Å². The van der Waals surface area contributed by atoms with Crippen LogP contribution < -0.4 is 20.1 Å². The number of halogens is 1. The molecular formula is C21H29IN4O2. The summed E-state index contributed by atoms with van der Waals surface area (Å²) in [4.78, 5) is 6.62. The van der Waals surface area contributed by atoms with Gasteiger partial charge in [0.15, 0.2) is 17.5 Å². The number of guanidine groups is 1. The van der Waals surface area contributed by atoms with Crippen LogP contribution in [0.15, 0.2) is 53.5 Å². The lowest BCUT2D eigenvalue weighted by molar-refractivity contribution is 0.174. The van der Waals surface area contributed by atoms with Crippen LogP contribution in [-0.4, -0.2) is 44.8 Å². The highest BCUT2D eigenvalue weighted by molar-refractivity contribution is 14.0. The molecule has 3 rings (SSSR count). The molecule has 0 atom stereocenters. The molecule has 6 nitrogen and oxygen atoms in total. The van der Waals surface area contributed by atoms with E-state index in [4.69, 9.17) is 9.47 Å². The quantitative estimate of drug-likeness (QED) is 0.255. The third kappa shape index (κ3) is 6.87. The smallest absolute Gasteiger partial charge is 0.231 e. The average Bonchev–Trinajstić information content (AvgIpc) is 3.16. The number of aliphatic imine (C=N–C) groups is 1. The first-order chi connectivity index (χ1) is 13.2. The van der Waals surface area contributed by atoms with Gasteiger partial charge in [0.1, 0.15) is 0 Å². The fourth-order valence-electron chi connectivity index (χ4n) is 2.99. The molecule has 0 amide bonds. The molecule has 2 aromatic rings. The Bertz CT molecular complexity index is 755. The highest BCUT2D eigenvalue weighted by atomic mass is 127. The molecule has 1 heterocycles. The van der Waals surface area contributed by atoms with Crippen LogP contribution in [0.1, 0.15) is 17.5 Å². The van der Waals surface area contributed by atoms with Crippen molar-refractivity contribution in [2.45, 2.75) is 19.5 Å². The molecule has 1 aliphatic heterocycles.